The molecule has 0 bridgehead atoms. The molecule has 3 N–H and O–H groups in total. The summed E-state index contributed by atoms with van der Waals surface area (Å²) in [6.07, 6.45) is 0. The molecule has 3 rings (SSSR count). The summed E-state index contributed by atoms with van der Waals surface area (Å²) in [5.41, 5.74) is 1.20. The predicted molar refractivity (Wildman–Crippen MR) is 104 cm³/mol. The number of nitrogens with one attached hydrogen (secondary N) is 1. The number of aromatic amines is 1. The minimum Gasteiger partial charge on any atom is -0.360 e. The Morgan fingerprint density at radius 3 is 2.39 bits per heavy atom. The van der Waals surface area contributed by atoms with Gasteiger partial charge in [-0.2, -0.15) is 14.9 Å². The van der Waals surface area contributed by atoms with Crippen molar-refractivity contribution in [3.05, 3.63) is 75.4 Å². The summed E-state index contributed by atoms with van der Waals surface area (Å²) in [4.78, 5) is 15.9. The van der Waals surface area contributed by atoms with Gasteiger partial charge in [-0.1, -0.05) is 24.8 Å². The molecule has 142 valence electrons. The number of nitrogens with zero attached hydrogens (tertiary/aromatic N) is 4. The van der Waals surface area contributed by atoms with Crippen molar-refractivity contribution in [3.8, 4) is 5.69 Å². The highest BCUT2D eigenvalue weighted by atomic mass is 32.2. The molecule has 1 heterocycles. The van der Waals surface area contributed by atoms with E-state index in [2.05, 4.69) is 20.2 Å². The van der Waals surface area contributed by atoms with E-state index in [1.165, 1.54) is 16.8 Å². The zero-order chi connectivity index (χ0) is 20.5. The van der Waals surface area contributed by atoms with Crippen LogP contribution in [0, 0.1) is 20.4 Å². The number of para-hydroxylation sites is 1. The van der Waals surface area contributed by atoms with Gasteiger partial charge in [0, 0.05) is 0 Å². The van der Waals surface area contributed by atoms with Crippen molar-refractivity contribution in [2.45, 2.75) is 18.7 Å². The maximum atomic E-state index is 12.6. The van der Waals surface area contributed by atoms with Crippen LogP contribution in [0.25, 0.3) is 10.5 Å². The fourth-order valence-electron chi connectivity index (χ4n) is 2.64. The Kier molecular flexibility index (Phi) is 4.96. The highest BCUT2D eigenvalue weighted by Gasteiger charge is 2.17. The molecular weight excluding hydrogens is 380 g/mol. The molecule has 0 atom stereocenters. The van der Waals surface area contributed by atoms with Gasteiger partial charge in [-0.15, -0.1) is 0 Å². The first kappa shape index (κ1) is 19.2. The van der Waals surface area contributed by atoms with E-state index in [1.54, 1.807) is 38.1 Å². The van der Waals surface area contributed by atoms with E-state index in [0.29, 0.717) is 22.5 Å². The Bertz CT molecular complexity index is 1280. The van der Waals surface area contributed by atoms with Crippen LogP contribution in [0.15, 0.2) is 62.4 Å². The normalized spacial score (nSPS) is 11.6. The quantitative estimate of drug-likeness (QED) is 0.518. The van der Waals surface area contributed by atoms with Crippen LogP contribution in [0.2, 0.25) is 0 Å². The van der Waals surface area contributed by atoms with Gasteiger partial charge in [0.05, 0.1) is 16.3 Å². The molecule has 0 aliphatic carbocycles. The van der Waals surface area contributed by atoms with E-state index in [-0.39, 0.29) is 16.4 Å². The number of aromatic nitrogens is 2. The number of benzene rings is 2. The molecule has 9 nitrogen and oxygen atoms in total. The van der Waals surface area contributed by atoms with Gasteiger partial charge in [0.15, 0.2) is 5.69 Å². The summed E-state index contributed by atoms with van der Waals surface area (Å²) in [5.74, 6) is -0.0480. The van der Waals surface area contributed by atoms with Gasteiger partial charge in [0.25, 0.3) is 5.82 Å². The zero-order valence-electron chi connectivity index (χ0n) is 15.0. The summed E-state index contributed by atoms with van der Waals surface area (Å²) in [5, 5.41) is 15.9. The van der Waals surface area contributed by atoms with Crippen LogP contribution in [-0.2, 0) is 10.0 Å². The third-order valence-electron chi connectivity index (χ3n) is 4.03. The van der Waals surface area contributed by atoms with Crippen LogP contribution in [0.1, 0.15) is 11.1 Å². The minimum absolute atomic E-state index is 0.00104. The van der Waals surface area contributed by atoms with E-state index in [9.17, 15) is 13.2 Å². The smallest absolute Gasteiger partial charge is 0.303 e. The minimum atomic E-state index is -3.85. The number of azo groups is 1. The number of aryl methyl sites for hydroxylation is 2. The molecule has 10 heteroatoms. The van der Waals surface area contributed by atoms with Gasteiger partial charge < -0.3 is 4.85 Å². The van der Waals surface area contributed by atoms with Gasteiger partial charge in [0.2, 0.25) is 10.0 Å². The summed E-state index contributed by atoms with van der Waals surface area (Å²) < 4.78 is 24.4. The van der Waals surface area contributed by atoms with E-state index < -0.39 is 15.6 Å². The zero-order valence-corrected chi connectivity index (χ0v) is 15.9. The molecule has 1 aromatic heterocycles. The largest absolute Gasteiger partial charge is 0.360 e. The van der Waals surface area contributed by atoms with Gasteiger partial charge in [0.1, 0.15) is 0 Å². The van der Waals surface area contributed by atoms with Gasteiger partial charge in [-0.25, -0.2) is 18.7 Å². The number of primary sulfonamides is 1. The van der Waals surface area contributed by atoms with Crippen LogP contribution < -0.4 is 10.7 Å². The third-order valence-corrected chi connectivity index (χ3v) is 5.08. The number of nitrogens with two attached hydrogens (primary N) is 1. The van der Waals surface area contributed by atoms with Crippen LogP contribution in [0.3, 0.4) is 0 Å². The molecule has 2 aromatic carbocycles. The molecule has 0 spiro atoms. The SMILES string of the molecule is [C-]#[N+]c1[nH]n(-c2ccccc2)c(=O)c1N=Nc1cc(C)c(S(N)(=O)=O)cc1C. The Hall–Kier alpha value is -3.55. The van der Waals surface area contributed by atoms with Crippen molar-refractivity contribution in [3.63, 3.8) is 0 Å². The summed E-state index contributed by atoms with van der Waals surface area (Å²) in [7, 11) is -3.85. The topological polar surface area (TPSA) is 127 Å². The van der Waals surface area contributed by atoms with Gasteiger partial charge in [-0.3, -0.25) is 4.79 Å². The Balaban J connectivity index is 2.07. The predicted octanol–water partition coefficient (Wildman–Crippen LogP) is 3.40. The van der Waals surface area contributed by atoms with E-state index in [0.717, 1.165) is 0 Å². The summed E-state index contributed by atoms with van der Waals surface area (Å²) in [6, 6.07) is 11.7. The molecule has 0 fully saturated rings. The van der Waals surface area contributed by atoms with Crippen molar-refractivity contribution in [1.82, 2.24) is 9.78 Å². The highest BCUT2D eigenvalue weighted by Crippen LogP contribution is 2.29. The summed E-state index contributed by atoms with van der Waals surface area (Å²) >= 11 is 0. The van der Waals surface area contributed by atoms with Crippen LogP contribution in [0.5, 0.6) is 0 Å². The third kappa shape index (κ3) is 3.62. The molecule has 0 saturated carbocycles. The lowest BCUT2D eigenvalue weighted by Crippen LogP contribution is -2.14. The second-order valence-corrected chi connectivity index (χ2v) is 7.58. The fraction of sp³-hybridized carbons (Fsp3) is 0.111. The number of sulfonamides is 1. The van der Waals surface area contributed by atoms with E-state index >= 15 is 0 Å². The number of hydrogen-bond acceptors (Lipinski definition) is 5. The highest BCUT2D eigenvalue weighted by molar-refractivity contribution is 7.89. The first-order chi connectivity index (χ1) is 13.2. The Morgan fingerprint density at radius 1 is 1.11 bits per heavy atom. The van der Waals surface area contributed by atoms with E-state index in [4.69, 9.17) is 11.7 Å². The fourth-order valence-corrected chi connectivity index (χ4v) is 3.49. The lowest BCUT2D eigenvalue weighted by atomic mass is 10.1. The second kappa shape index (κ2) is 7.22. The first-order valence-electron chi connectivity index (χ1n) is 8.06. The Morgan fingerprint density at radius 2 is 1.79 bits per heavy atom. The first-order valence-corrected chi connectivity index (χ1v) is 9.60. The molecule has 28 heavy (non-hydrogen) atoms. The molecule has 0 aliphatic rings. The molecule has 0 saturated heterocycles. The molecule has 0 unspecified atom stereocenters. The van der Waals surface area contributed by atoms with Gasteiger partial charge >= 0.3 is 5.56 Å². The van der Waals surface area contributed by atoms with E-state index in [1.807, 2.05) is 6.07 Å². The number of hydrogen-bond donors (Lipinski definition) is 2. The van der Waals surface area contributed by atoms with Crippen LogP contribution >= 0.6 is 0 Å². The monoisotopic (exact) mass is 396 g/mol. The lowest BCUT2D eigenvalue weighted by molar-refractivity contribution is 0.597. The summed E-state index contributed by atoms with van der Waals surface area (Å²) in [6.45, 7) is 10.5. The van der Waals surface area contributed by atoms with Crippen LogP contribution in [-0.4, -0.2) is 18.2 Å². The maximum Gasteiger partial charge on any atom is 0.303 e. The Labute approximate surface area is 161 Å². The number of rotatable bonds is 4. The van der Waals surface area contributed by atoms with Crippen molar-refractivity contribution < 1.29 is 8.42 Å². The molecular formula is C18H16N6O3S. The number of H-pyrrole nitrogens is 1. The molecule has 0 radical (unpaired) electrons. The maximum absolute atomic E-state index is 12.6. The van der Waals surface area contributed by atoms with Gasteiger partial charge in [-0.05, 0) is 49.2 Å². The molecule has 3 aromatic rings. The standard InChI is InChI=1S/C18H16N6O3S/c1-11-10-15(28(19,26)27)12(2)9-14(11)21-22-16-17(20-3)23-24(18(16)25)13-7-5-4-6-8-13/h4-10,23H,1-2H3,(H2,19,26,27). The van der Waals surface area contributed by atoms with Crippen molar-refractivity contribution >= 4 is 27.2 Å². The second-order valence-electron chi connectivity index (χ2n) is 6.05. The van der Waals surface area contributed by atoms with Crippen LogP contribution in [0.4, 0.5) is 17.2 Å². The average molecular weight is 396 g/mol. The van der Waals surface area contributed by atoms with Crippen molar-refractivity contribution in [2.75, 3.05) is 0 Å². The lowest BCUT2D eigenvalue weighted by Gasteiger charge is -2.06. The molecule has 0 amide bonds. The molecule has 0 aliphatic heterocycles. The van der Waals surface area contributed by atoms with Crippen molar-refractivity contribution in [2.24, 2.45) is 15.4 Å². The van der Waals surface area contributed by atoms with Crippen molar-refractivity contribution in [1.29, 1.82) is 0 Å². The average Bonchev–Trinajstić information content (AvgIpc) is 2.97.